The third kappa shape index (κ3) is 3.82. The lowest BCUT2D eigenvalue weighted by Crippen LogP contribution is -2.15. The largest absolute Gasteiger partial charge is 0.493 e. The van der Waals surface area contributed by atoms with E-state index in [1.165, 1.54) is 32.4 Å². The van der Waals surface area contributed by atoms with Gasteiger partial charge in [0.05, 0.1) is 29.7 Å². The van der Waals surface area contributed by atoms with Gasteiger partial charge in [-0.3, -0.25) is 14.8 Å². The molecule has 0 unspecified atom stereocenters. The summed E-state index contributed by atoms with van der Waals surface area (Å²) in [6.45, 7) is 3.22. The summed E-state index contributed by atoms with van der Waals surface area (Å²) in [7, 11) is -1.11. The molecule has 0 aliphatic heterocycles. The Morgan fingerprint density at radius 1 is 1.04 bits per heavy atom. The predicted molar refractivity (Wildman–Crippen MR) is 92.9 cm³/mol. The molecular weight excluding hydrogens is 348 g/mol. The van der Waals surface area contributed by atoms with Gasteiger partial charge in [0.25, 0.3) is 15.7 Å². The molecule has 9 heteroatoms. The van der Waals surface area contributed by atoms with E-state index in [1.54, 1.807) is 19.9 Å². The van der Waals surface area contributed by atoms with Gasteiger partial charge >= 0.3 is 0 Å². The normalized spacial score (nSPS) is 11.0. The van der Waals surface area contributed by atoms with Gasteiger partial charge in [0.2, 0.25) is 0 Å². The standard InChI is InChI=1S/C16H18N2O6S/c1-10-7-13(18(19)20)9-16(11(10)2)25(21,22)17-12-5-6-14(23-3)15(8-12)24-4/h5-9,17H,1-4H3. The molecule has 8 nitrogen and oxygen atoms in total. The minimum atomic E-state index is -4.02. The highest BCUT2D eigenvalue weighted by molar-refractivity contribution is 7.92. The van der Waals surface area contributed by atoms with Crippen LogP contribution in [-0.2, 0) is 10.0 Å². The molecule has 0 fully saturated rings. The number of benzene rings is 2. The SMILES string of the molecule is COc1ccc(NS(=O)(=O)c2cc([N+](=O)[O-])cc(C)c2C)cc1OC. The van der Waals surface area contributed by atoms with Crippen molar-refractivity contribution in [2.75, 3.05) is 18.9 Å². The molecular formula is C16H18N2O6S. The first-order valence-electron chi connectivity index (χ1n) is 7.20. The Kier molecular flexibility index (Phi) is 5.17. The molecule has 25 heavy (non-hydrogen) atoms. The molecule has 1 N–H and O–H groups in total. The zero-order chi connectivity index (χ0) is 18.8. The van der Waals surface area contributed by atoms with Crippen molar-refractivity contribution in [2.45, 2.75) is 18.7 Å². The minimum Gasteiger partial charge on any atom is -0.493 e. The quantitative estimate of drug-likeness (QED) is 0.622. The van der Waals surface area contributed by atoms with Gasteiger partial charge < -0.3 is 9.47 Å². The second-order valence-electron chi connectivity index (χ2n) is 5.32. The minimum absolute atomic E-state index is 0.144. The maximum atomic E-state index is 12.7. The molecule has 0 radical (unpaired) electrons. The molecule has 134 valence electrons. The van der Waals surface area contributed by atoms with Gasteiger partial charge in [-0.25, -0.2) is 8.42 Å². The van der Waals surface area contributed by atoms with Crippen LogP contribution in [0.4, 0.5) is 11.4 Å². The molecule has 0 saturated carbocycles. The lowest BCUT2D eigenvalue weighted by molar-refractivity contribution is -0.385. The number of nitro groups is 1. The maximum absolute atomic E-state index is 12.7. The molecule has 0 amide bonds. The molecule has 0 bridgehead atoms. The van der Waals surface area contributed by atoms with Crippen LogP contribution in [0.2, 0.25) is 0 Å². The third-order valence-electron chi connectivity index (χ3n) is 3.74. The van der Waals surface area contributed by atoms with E-state index < -0.39 is 14.9 Å². The number of aryl methyl sites for hydroxylation is 1. The Labute approximate surface area is 145 Å². The summed E-state index contributed by atoms with van der Waals surface area (Å²) in [6.07, 6.45) is 0. The van der Waals surface area contributed by atoms with Gasteiger partial charge in [-0.1, -0.05) is 0 Å². The van der Waals surface area contributed by atoms with Gasteiger partial charge in [0.15, 0.2) is 11.5 Å². The number of rotatable bonds is 6. The number of nitrogens with zero attached hydrogens (tertiary/aromatic N) is 1. The van der Waals surface area contributed by atoms with Crippen LogP contribution < -0.4 is 14.2 Å². The fourth-order valence-electron chi connectivity index (χ4n) is 2.30. The van der Waals surface area contributed by atoms with Gasteiger partial charge in [0.1, 0.15) is 0 Å². The van der Waals surface area contributed by atoms with E-state index in [1.807, 2.05) is 0 Å². The Bertz CT molecular complexity index is 924. The Morgan fingerprint density at radius 3 is 2.24 bits per heavy atom. The lowest BCUT2D eigenvalue weighted by Gasteiger charge is -2.14. The van der Waals surface area contributed by atoms with Gasteiger partial charge in [-0.2, -0.15) is 0 Å². The zero-order valence-electron chi connectivity index (χ0n) is 14.2. The first-order chi connectivity index (χ1) is 11.7. The first-order valence-corrected chi connectivity index (χ1v) is 8.68. The number of sulfonamides is 1. The van der Waals surface area contributed by atoms with E-state index in [0.29, 0.717) is 22.6 Å². The molecule has 2 rings (SSSR count). The van der Waals surface area contributed by atoms with E-state index in [-0.39, 0.29) is 16.3 Å². The van der Waals surface area contributed by atoms with Crippen molar-refractivity contribution in [3.63, 3.8) is 0 Å². The van der Waals surface area contributed by atoms with Crippen LogP contribution >= 0.6 is 0 Å². The number of methoxy groups -OCH3 is 2. The fraction of sp³-hybridized carbons (Fsp3) is 0.250. The second-order valence-corrected chi connectivity index (χ2v) is 6.97. The number of non-ortho nitro benzene ring substituents is 1. The van der Waals surface area contributed by atoms with Gasteiger partial charge in [0, 0.05) is 18.2 Å². The Balaban J connectivity index is 2.48. The summed E-state index contributed by atoms with van der Waals surface area (Å²) in [5.74, 6) is 0.808. The topological polar surface area (TPSA) is 108 Å². The van der Waals surface area contributed by atoms with Crippen LogP contribution in [0.5, 0.6) is 11.5 Å². The smallest absolute Gasteiger partial charge is 0.271 e. The summed E-state index contributed by atoms with van der Waals surface area (Å²) < 4.78 is 38.1. The monoisotopic (exact) mass is 366 g/mol. The number of anilines is 1. The van der Waals surface area contributed by atoms with E-state index in [4.69, 9.17) is 9.47 Å². The average molecular weight is 366 g/mol. The molecule has 0 aliphatic rings. The van der Waals surface area contributed by atoms with Crippen LogP contribution in [0, 0.1) is 24.0 Å². The highest BCUT2D eigenvalue weighted by atomic mass is 32.2. The highest BCUT2D eigenvalue weighted by Gasteiger charge is 2.23. The molecule has 2 aromatic carbocycles. The van der Waals surface area contributed by atoms with Crippen molar-refractivity contribution < 1.29 is 22.8 Å². The molecule has 2 aromatic rings. The molecule has 0 aromatic heterocycles. The van der Waals surface area contributed by atoms with Crippen LogP contribution in [0.3, 0.4) is 0 Å². The van der Waals surface area contributed by atoms with Gasteiger partial charge in [-0.15, -0.1) is 0 Å². The van der Waals surface area contributed by atoms with Crippen molar-refractivity contribution in [1.82, 2.24) is 0 Å². The summed E-state index contributed by atoms with van der Waals surface area (Å²) in [4.78, 5) is 10.2. The van der Waals surface area contributed by atoms with Crippen LogP contribution in [0.25, 0.3) is 0 Å². The maximum Gasteiger partial charge on any atom is 0.271 e. The lowest BCUT2D eigenvalue weighted by atomic mass is 10.1. The molecule has 0 heterocycles. The zero-order valence-corrected chi connectivity index (χ0v) is 15.0. The molecule has 0 spiro atoms. The number of nitrogens with one attached hydrogen (secondary N) is 1. The predicted octanol–water partition coefficient (Wildman–Crippen LogP) is 3.03. The van der Waals surface area contributed by atoms with Crippen molar-refractivity contribution in [3.05, 3.63) is 51.6 Å². The van der Waals surface area contributed by atoms with E-state index in [9.17, 15) is 18.5 Å². The van der Waals surface area contributed by atoms with Crippen LogP contribution in [0.1, 0.15) is 11.1 Å². The molecule has 0 atom stereocenters. The summed E-state index contributed by atoms with van der Waals surface area (Å²) in [6, 6.07) is 6.92. The van der Waals surface area contributed by atoms with E-state index >= 15 is 0 Å². The molecule has 0 saturated heterocycles. The number of hydrogen-bond donors (Lipinski definition) is 1. The van der Waals surface area contributed by atoms with Crippen LogP contribution in [0.15, 0.2) is 35.2 Å². The highest BCUT2D eigenvalue weighted by Crippen LogP contribution is 2.32. The van der Waals surface area contributed by atoms with Crippen LogP contribution in [-0.4, -0.2) is 27.6 Å². The van der Waals surface area contributed by atoms with E-state index in [0.717, 1.165) is 6.07 Å². The summed E-state index contributed by atoms with van der Waals surface area (Å²) >= 11 is 0. The average Bonchev–Trinajstić information content (AvgIpc) is 2.56. The number of nitro benzene ring substituents is 1. The fourth-order valence-corrected chi connectivity index (χ4v) is 3.69. The number of hydrogen-bond acceptors (Lipinski definition) is 6. The van der Waals surface area contributed by atoms with Crippen molar-refractivity contribution in [1.29, 1.82) is 0 Å². The third-order valence-corrected chi connectivity index (χ3v) is 5.25. The second kappa shape index (κ2) is 6.98. The number of ether oxygens (including phenoxy) is 2. The Morgan fingerprint density at radius 2 is 1.68 bits per heavy atom. The van der Waals surface area contributed by atoms with Crippen molar-refractivity contribution in [3.8, 4) is 11.5 Å². The van der Waals surface area contributed by atoms with Gasteiger partial charge in [-0.05, 0) is 37.1 Å². The van der Waals surface area contributed by atoms with Crippen molar-refractivity contribution >= 4 is 21.4 Å². The van der Waals surface area contributed by atoms with Crippen molar-refractivity contribution in [2.24, 2.45) is 0 Å². The summed E-state index contributed by atoms with van der Waals surface area (Å²) in [5.41, 5.74) is 0.928. The first kappa shape index (κ1) is 18.5. The van der Waals surface area contributed by atoms with E-state index in [2.05, 4.69) is 4.72 Å². The summed E-state index contributed by atoms with van der Waals surface area (Å²) in [5, 5.41) is 11.0. The molecule has 0 aliphatic carbocycles. The Hall–Kier alpha value is -2.81.